The Morgan fingerprint density at radius 3 is 2.65 bits per heavy atom. The van der Waals surface area contributed by atoms with Gasteiger partial charge in [-0.25, -0.2) is 0 Å². The third-order valence-corrected chi connectivity index (χ3v) is 5.39. The number of benzene rings is 1. The second kappa shape index (κ2) is 7.80. The fourth-order valence-electron chi connectivity index (χ4n) is 3.71. The summed E-state index contributed by atoms with van der Waals surface area (Å²) in [5, 5.41) is 4.82. The van der Waals surface area contributed by atoms with Crippen LogP contribution in [0.25, 0.3) is 0 Å². The minimum absolute atomic E-state index is 0.364. The number of hydrogen-bond donors (Lipinski definition) is 0. The zero-order valence-corrected chi connectivity index (χ0v) is 15.9. The summed E-state index contributed by atoms with van der Waals surface area (Å²) in [6.45, 7) is 7.67. The summed E-state index contributed by atoms with van der Waals surface area (Å²) in [7, 11) is 1.71. The van der Waals surface area contributed by atoms with E-state index in [1.165, 1.54) is 29.7 Å². The summed E-state index contributed by atoms with van der Waals surface area (Å²) in [4.78, 5) is 2.51. The Morgan fingerprint density at radius 2 is 1.96 bits per heavy atom. The molecule has 0 spiro atoms. The van der Waals surface area contributed by atoms with Crippen LogP contribution in [-0.2, 0) is 24.4 Å². The van der Waals surface area contributed by atoms with Gasteiger partial charge in [-0.15, -0.1) is 0 Å². The van der Waals surface area contributed by atoms with Crippen molar-refractivity contribution in [1.29, 1.82) is 0 Å². The van der Waals surface area contributed by atoms with Crippen LogP contribution in [0.2, 0.25) is 0 Å². The van der Waals surface area contributed by atoms with Crippen molar-refractivity contribution < 1.29 is 9.47 Å². The van der Waals surface area contributed by atoms with Crippen molar-refractivity contribution >= 4 is 0 Å². The van der Waals surface area contributed by atoms with Crippen molar-refractivity contribution in [2.75, 3.05) is 26.9 Å². The number of fused-ring (bicyclic) bond motifs is 1. The predicted molar refractivity (Wildman–Crippen MR) is 101 cm³/mol. The Hall–Kier alpha value is -1.85. The maximum absolute atomic E-state index is 6.03. The van der Waals surface area contributed by atoms with Crippen molar-refractivity contribution in [3.8, 4) is 5.75 Å². The molecule has 1 atom stereocenters. The molecule has 2 heterocycles. The minimum atomic E-state index is 0.364. The summed E-state index contributed by atoms with van der Waals surface area (Å²) in [6.07, 6.45) is 4.89. The lowest BCUT2D eigenvalue weighted by Gasteiger charge is -2.32. The first-order chi connectivity index (χ1) is 12.7. The standard InChI is InChI=1S/C21H29N3O2/c1-3-24-13-18-11-23(10-16-6-8-20(25-2)9-7-16)12-19(21(18)22-24)15-26-14-17-4-5-17/h6-9,13,17,19H,3-5,10-12,14-15H2,1-2H3. The van der Waals surface area contributed by atoms with E-state index in [4.69, 9.17) is 14.6 Å². The minimum Gasteiger partial charge on any atom is -0.497 e. The van der Waals surface area contributed by atoms with E-state index in [-0.39, 0.29) is 0 Å². The van der Waals surface area contributed by atoms with Gasteiger partial charge in [0, 0.05) is 50.5 Å². The van der Waals surface area contributed by atoms with Crippen LogP contribution >= 0.6 is 0 Å². The van der Waals surface area contributed by atoms with Crippen LogP contribution in [0.5, 0.6) is 5.75 Å². The van der Waals surface area contributed by atoms with E-state index in [0.29, 0.717) is 5.92 Å². The Labute approximate surface area is 155 Å². The number of aryl methyl sites for hydroxylation is 1. The van der Waals surface area contributed by atoms with Gasteiger partial charge in [-0.2, -0.15) is 5.10 Å². The summed E-state index contributed by atoms with van der Waals surface area (Å²) < 4.78 is 13.4. The van der Waals surface area contributed by atoms with E-state index in [9.17, 15) is 0 Å². The molecule has 1 aromatic carbocycles. The zero-order valence-electron chi connectivity index (χ0n) is 15.9. The smallest absolute Gasteiger partial charge is 0.118 e. The van der Waals surface area contributed by atoms with Gasteiger partial charge in [0.15, 0.2) is 0 Å². The van der Waals surface area contributed by atoms with Crippen LogP contribution in [0.3, 0.4) is 0 Å². The van der Waals surface area contributed by atoms with Crippen LogP contribution in [0.1, 0.15) is 42.5 Å². The highest BCUT2D eigenvalue weighted by Crippen LogP contribution is 2.31. The van der Waals surface area contributed by atoms with Gasteiger partial charge in [0.25, 0.3) is 0 Å². The van der Waals surface area contributed by atoms with E-state index in [0.717, 1.165) is 51.1 Å². The molecule has 4 rings (SSSR count). The third kappa shape index (κ3) is 4.10. The molecule has 5 heteroatoms. The SMILES string of the molecule is CCn1cc2c(n1)C(COCC1CC1)CN(Cc1ccc(OC)cc1)C2. The number of ether oxygens (including phenoxy) is 2. The molecule has 140 valence electrons. The highest BCUT2D eigenvalue weighted by atomic mass is 16.5. The highest BCUT2D eigenvalue weighted by Gasteiger charge is 2.29. The lowest BCUT2D eigenvalue weighted by Crippen LogP contribution is -2.35. The summed E-state index contributed by atoms with van der Waals surface area (Å²) in [6, 6.07) is 8.39. The second-order valence-corrected chi connectivity index (χ2v) is 7.59. The topological polar surface area (TPSA) is 39.5 Å². The van der Waals surface area contributed by atoms with Crippen LogP contribution in [0.15, 0.2) is 30.5 Å². The molecule has 0 saturated heterocycles. The quantitative estimate of drug-likeness (QED) is 0.727. The van der Waals surface area contributed by atoms with Crippen LogP contribution in [0, 0.1) is 5.92 Å². The van der Waals surface area contributed by atoms with Gasteiger partial charge in [-0.3, -0.25) is 9.58 Å². The Bertz CT molecular complexity index is 721. The molecular weight excluding hydrogens is 326 g/mol. The maximum Gasteiger partial charge on any atom is 0.118 e. The van der Waals surface area contributed by atoms with Gasteiger partial charge < -0.3 is 9.47 Å². The molecule has 0 bridgehead atoms. The molecular formula is C21H29N3O2. The number of methoxy groups -OCH3 is 1. The van der Waals surface area contributed by atoms with Gasteiger partial charge in [-0.05, 0) is 43.4 Å². The fraction of sp³-hybridized carbons (Fsp3) is 0.571. The second-order valence-electron chi connectivity index (χ2n) is 7.59. The van der Waals surface area contributed by atoms with Gasteiger partial charge in [-0.1, -0.05) is 12.1 Å². The average molecular weight is 355 g/mol. The van der Waals surface area contributed by atoms with E-state index in [2.05, 4.69) is 34.8 Å². The predicted octanol–water partition coefficient (Wildman–Crippen LogP) is 3.44. The summed E-state index contributed by atoms with van der Waals surface area (Å²) in [5.41, 5.74) is 3.91. The first-order valence-corrected chi connectivity index (χ1v) is 9.74. The molecule has 1 aromatic heterocycles. The molecule has 0 radical (unpaired) electrons. The Kier molecular flexibility index (Phi) is 5.27. The van der Waals surface area contributed by atoms with E-state index in [1.807, 2.05) is 12.1 Å². The average Bonchev–Trinajstić information content (AvgIpc) is 3.39. The van der Waals surface area contributed by atoms with Crippen molar-refractivity contribution in [3.05, 3.63) is 47.3 Å². The lowest BCUT2D eigenvalue weighted by atomic mass is 9.97. The van der Waals surface area contributed by atoms with Crippen LogP contribution < -0.4 is 4.74 Å². The summed E-state index contributed by atoms with van der Waals surface area (Å²) in [5.74, 6) is 2.08. The first-order valence-electron chi connectivity index (χ1n) is 9.74. The molecule has 1 fully saturated rings. The highest BCUT2D eigenvalue weighted by molar-refractivity contribution is 5.28. The molecule has 1 aliphatic heterocycles. The van der Waals surface area contributed by atoms with E-state index >= 15 is 0 Å². The van der Waals surface area contributed by atoms with Crippen molar-refractivity contribution in [2.24, 2.45) is 5.92 Å². The van der Waals surface area contributed by atoms with Crippen molar-refractivity contribution in [3.63, 3.8) is 0 Å². The molecule has 2 aliphatic rings. The molecule has 1 unspecified atom stereocenters. The molecule has 5 nitrogen and oxygen atoms in total. The van der Waals surface area contributed by atoms with Gasteiger partial charge in [0.05, 0.1) is 19.4 Å². The maximum atomic E-state index is 6.03. The van der Waals surface area contributed by atoms with Crippen molar-refractivity contribution in [2.45, 2.75) is 45.3 Å². The molecule has 26 heavy (non-hydrogen) atoms. The molecule has 2 aromatic rings. The molecule has 1 aliphatic carbocycles. The number of rotatable bonds is 8. The monoisotopic (exact) mass is 355 g/mol. The number of hydrogen-bond acceptors (Lipinski definition) is 4. The molecule has 0 amide bonds. The summed E-state index contributed by atoms with van der Waals surface area (Å²) >= 11 is 0. The Morgan fingerprint density at radius 1 is 1.15 bits per heavy atom. The van der Waals surface area contributed by atoms with Crippen LogP contribution in [0.4, 0.5) is 0 Å². The zero-order chi connectivity index (χ0) is 17.9. The number of aromatic nitrogens is 2. The van der Waals surface area contributed by atoms with Crippen molar-refractivity contribution in [1.82, 2.24) is 14.7 Å². The largest absolute Gasteiger partial charge is 0.497 e. The van der Waals surface area contributed by atoms with E-state index < -0.39 is 0 Å². The normalized spacial score (nSPS) is 20.2. The third-order valence-electron chi connectivity index (χ3n) is 5.39. The molecule has 1 saturated carbocycles. The number of nitrogens with zero attached hydrogens (tertiary/aromatic N) is 3. The molecule has 0 N–H and O–H groups in total. The lowest BCUT2D eigenvalue weighted by molar-refractivity contribution is 0.0881. The van der Waals surface area contributed by atoms with Gasteiger partial charge in [0.1, 0.15) is 5.75 Å². The Balaban J connectivity index is 1.45. The van der Waals surface area contributed by atoms with E-state index in [1.54, 1.807) is 7.11 Å². The van der Waals surface area contributed by atoms with Gasteiger partial charge >= 0.3 is 0 Å². The van der Waals surface area contributed by atoms with Gasteiger partial charge in [0.2, 0.25) is 0 Å². The fourth-order valence-corrected chi connectivity index (χ4v) is 3.71. The first kappa shape index (κ1) is 17.6. The van der Waals surface area contributed by atoms with Crippen LogP contribution in [-0.4, -0.2) is 41.5 Å².